The Morgan fingerprint density at radius 3 is 2.31 bits per heavy atom. The van der Waals surface area contributed by atoms with Crippen molar-refractivity contribution in [2.75, 3.05) is 25.6 Å². The molecular weight excluding hydrogens is 368 g/mol. The van der Waals surface area contributed by atoms with Gasteiger partial charge in [0.25, 0.3) is 5.91 Å². The van der Waals surface area contributed by atoms with E-state index in [1.807, 2.05) is 61.5 Å². The van der Waals surface area contributed by atoms with Gasteiger partial charge in [-0.25, -0.2) is 9.97 Å². The summed E-state index contributed by atoms with van der Waals surface area (Å²) in [6.07, 6.45) is 3.01. The Labute approximate surface area is 170 Å². The van der Waals surface area contributed by atoms with Gasteiger partial charge in [0.2, 0.25) is 5.95 Å². The van der Waals surface area contributed by atoms with Gasteiger partial charge in [0, 0.05) is 12.4 Å². The Morgan fingerprint density at radius 1 is 1.00 bits per heavy atom. The minimum Gasteiger partial charge on any atom is -0.497 e. The van der Waals surface area contributed by atoms with Crippen LogP contribution in [0.15, 0.2) is 67.0 Å². The van der Waals surface area contributed by atoms with Gasteiger partial charge in [0.05, 0.1) is 25.3 Å². The van der Waals surface area contributed by atoms with Crippen LogP contribution in [0.4, 0.5) is 5.95 Å². The van der Waals surface area contributed by atoms with Gasteiger partial charge in [0.1, 0.15) is 18.1 Å². The van der Waals surface area contributed by atoms with Gasteiger partial charge in [-0.15, -0.1) is 0 Å². The summed E-state index contributed by atoms with van der Waals surface area (Å²) in [4.78, 5) is 20.7. The summed E-state index contributed by atoms with van der Waals surface area (Å²) in [7, 11) is 1.62. The SMILES string of the molecule is COc1ccc(OCCNc2ncc(C(=O)NC(C)c3ccccc3)cn2)cc1. The highest BCUT2D eigenvalue weighted by molar-refractivity contribution is 5.93. The zero-order chi connectivity index (χ0) is 20.5. The van der Waals surface area contributed by atoms with E-state index in [4.69, 9.17) is 9.47 Å². The number of ether oxygens (including phenoxy) is 2. The maximum Gasteiger partial charge on any atom is 0.254 e. The number of rotatable bonds is 9. The normalized spacial score (nSPS) is 11.4. The van der Waals surface area contributed by atoms with E-state index in [2.05, 4.69) is 20.6 Å². The van der Waals surface area contributed by atoms with Crippen LogP contribution in [0.5, 0.6) is 11.5 Å². The summed E-state index contributed by atoms with van der Waals surface area (Å²) >= 11 is 0. The first-order valence-corrected chi connectivity index (χ1v) is 9.34. The van der Waals surface area contributed by atoms with Crippen molar-refractivity contribution in [3.63, 3.8) is 0 Å². The summed E-state index contributed by atoms with van der Waals surface area (Å²) in [6.45, 7) is 2.92. The molecule has 3 rings (SSSR count). The van der Waals surface area contributed by atoms with Crippen LogP contribution in [0.25, 0.3) is 0 Å². The average Bonchev–Trinajstić information content (AvgIpc) is 2.78. The zero-order valence-electron chi connectivity index (χ0n) is 16.5. The van der Waals surface area contributed by atoms with Crippen molar-refractivity contribution in [3.8, 4) is 11.5 Å². The van der Waals surface area contributed by atoms with Gasteiger partial charge in [-0.1, -0.05) is 30.3 Å². The van der Waals surface area contributed by atoms with Gasteiger partial charge >= 0.3 is 0 Å². The Kier molecular flexibility index (Phi) is 7.00. The van der Waals surface area contributed by atoms with Crippen LogP contribution >= 0.6 is 0 Å². The molecule has 1 heterocycles. The third kappa shape index (κ3) is 5.93. The Morgan fingerprint density at radius 2 is 1.66 bits per heavy atom. The van der Waals surface area contributed by atoms with Crippen LogP contribution in [0.2, 0.25) is 0 Å². The Balaban J connectivity index is 1.43. The molecule has 0 spiro atoms. The first-order chi connectivity index (χ1) is 14.2. The lowest BCUT2D eigenvalue weighted by molar-refractivity contribution is 0.0939. The molecule has 150 valence electrons. The fraction of sp³-hybridized carbons (Fsp3) is 0.227. The fourth-order valence-corrected chi connectivity index (χ4v) is 2.65. The second kappa shape index (κ2) is 10.1. The van der Waals surface area contributed by atoms with Gasteiger partial charge < -0.3 is 20.1 Å². The van der Waals surface area contributed by atoms with Crippen molar-refractivity contribution < 1.29 is 14.3 Å². The number of hydrogen-bond donors (Lipinski definition) is 2. The molecule has 0 aliphatic heterocycles. The molecule has 0 saturated carbocycles. The lowest BCUT2D eigenvalue weighted by Gasteiger charge is -2.14. The van der Waals surface area contributed by atoms with E-state index in [9.17, 15) is 4.79 Å². The van der Waals surface area contributed by atoms with E-state index in [1.165, 1.54) is 12.4 Å². The van der Waals surface area contributed by atoms with E-state index in [0.717, 1.165) is 17.1 Å². The van der Waals surface area contributed by atoms with Crippen molar-refractivity contribution in [2.45, 2.75) is 13.0 Å². The number of hydrogen-bond acceptors (Lipinski definition) is 6. The summed E-state index contributed by atoms with van der Waals surface area (Å²) in [5.74, 6) is 1.77. The molecule has 2 aromatic carbocycles. The van der Waals surface area contributed by atoms with Gasteiger partial charge in [-0.2, -0.15) is 0 Å². The van der Waals surface area contributed by atoms with Crippen LogP contribution in [0.1, 0.15) is 28.9 Å². The van der Waals surface area contributed by atoms with Crippen LogP contribution in [0.3, 0.4) is 0 Å². The molecule has 0 fully saturated rings. The molecule has 29 heavy (non-hydrogen) atoms. The second-order valence-corrected chi connectivity index (χ2v) is 6.35. The fourth-order valence-electron chi connectivity index (χ4n) is 2.65. The third-order valence-corrected chi connectivity index (χ3v) is 4.27. The Bertz CT molecular complexity index is 900. The quantitative estimate of drug-likeness (QED) is 0.543. The third-order valence-electron chi connectivity index (χ3n) is 4.27. The number of anilines is 1. The van der Waals surface area contributed by atoms with Gasteiger partial charge in [-0.05, 0) is 36.8 Å². The first kappa shape index (κ1) is 20.1. The van der Waals surface area contributed by atoms with E-state index < -0.39 is 0 Å². The lowest BCUT2D eigenvalue weighted by atomic mass is 10.1. The van der Waals surface area contributed by atoms with Crippen LogP contribution in [0, 0.1) is 0 Å². The molecule has 1 aromatic heterocycles. The van der Waals surface area contributed by atoms with Crippen molar-refractivity contribution in [1.29, 1.82) is 0 Å². The molecule has 3 aromatic rings. The highest BCUT2D eigenvalue weighted by Gasteiger charge is 2.12. The minimum atomic E-state index is -0.212. The number of carbonyl (C=O) groups is 1. The molecule has 0 saturated heterocycles. The Hall–Kier alpha value is -3.61. The number of aromatic nitrogens is 2. The van der Waals surface area contributed by atoms with Gasteiger partial charge in [-0.3, -0.25) is 4.79 Å². The maximum atomic E-state index is 12.4. The summed E-state index contributed by atoms with van der Waals surface area (Å²) < 4.78 is 10.7. The highest BCUT2D eigenvalue weighted by Crippen LogP contribution is 2.17. The van der Waals surface area contributed by atoms with E-state index in [1.54, 1.807) is 7.11 Å². The number of amides is 1. The standard InChI is InChI=1S/C22H24N4O3/c1-16(17-6-4-3-5-7-17)26-21(27)18-14-24-22(25-15-18)23-12-13-29-20-10-8-19(28-2)9-11-20/h3-11,14-16H,12-13H2,1-2H3,(H,26,27)(H,23,24,25). The van der Waals surface area contributed by atoms with Crippen LogP contribution < -0.4 is 20.1 Å². The lowest BCUT2D eigenvalue weighted by Crippen LogP contribution is -2.27. The maximum absolute atomic E-state index is 12.4. The average molecular weight is 392 g/mol. The van der Waals surface area contributed by atoms with Crippen molar-refractivity contribution in [1.82, 2.24) is 15.3 Å². The largest absolute Gasteiger partial charge is 0.497 e. The number of nitrogens with one attached hydrogen (secondary N) is 2. The molecule has 2 N–H and O–H groups in total. The molecular formula is C22H24N4O3. The molecule has 7 heteroatoms. The molecule has 7 nitrogen and oxygen atoms in total. The number of methoxy groups -OCH3 is 1. The predicted octanol–water partition coefficient (Wildman–Crippen LogP) is 3.47. The topological polar surface area (TPSA) is 85.4 Å². The first-order valence-electron chi connectivity index (χ1n) is 9.34. The minimum absolute atomic E-state index is 0.100. The highest BCUT2D eigenvalue weighted by atomic mass is 16.5. The molecule has 0 radical (unpaired) electrons. The zero-order valence-corrected chi connectivity index (χ0v) is 16.5. The molecule has 1 atom stereocenters. The smallest absolute Gasteiger partial charge is 0.254 e. The summed E-state index contributed by atoms with van der Waals surface area (Å²) in [5.41, 5.74) is 1.45. The van der Waals surface area contributed by atoms with Crippen molar-refractivity contribution in [3.05, 3.63) is 78.1 Å². The number of nitrogens with zero attached hydrogens (tertiary/aromatic N) is 2. The molecule has 0 aliphatic carbocycles. The summed E-state index contributed by atoms with van der Waals surface area (Å²) in [6, 6.07) is 17.1. The molecule has 0 aliphatic rings. The second-order valence-electron chi connectivity index (χ2n) is 6.35. The van der Waals surface area contributed by atoms with Crippen LogP contribution in [-0.4, -0.2) is 36.1 Å². The molecule has 0 bridgehead atoms. The monoisotopic (exact) mass is 392 g/mol. The van der Waals surface area contributed by atoms with E-state index in [-0.39, 0.29) is 11.9 Å². The van der Waals surface area contributed by atoms with Crippen molar-refractivity contribution >= 4 is 11.9 Å². The van der Waals surface area contributed by atoms with Crippen molar-refractivity contribution in [2.24, 2.45) is 0 Å². The van der Waals surface area contributed by atoms with Crippen LogP contribution in [-0.2, 0) is 0 Å². The van der Waals surface area contributed by atoms with E-state index in [0.29, 0.717) is 24.7 Å². The van der Waals surface area contributed by atoms with Gasteiger partial charge in [0.15, 0.2) is 0 Å². The predicted molar refractivity (Wildman–Crippen MR) is 111 cm³/mol. The molecule has 1 unspecified atom stereocenters. The molecule has 1 amide bonds. The number of carbonyl (C=O) groups excluding carboxylic acids is 1. The number of benzene rings is 2. The summed E-state index contributed by atoms with van der Waals surface area (Å²) in [5, 5.41) is 6.01. The van der Waals surface area contributed by atoms with E-state index >= 15 is 0 Å².